The fraction of sp³-hybridized carbons (Fsp3) is 0.250. The molecule has 1 aliphatic heterocycles. The molecule has 0 amide bonds. The molecule has 2 aromatic carbocycles. The zero-order valence-corrected chi connectivity index (χ0v) is 11.6. The van der Waals surface area contributed by atoms with Crippen LogP contribution < -0.4 is 4.90 Å². The molecule has 1 nitrogen and oxygen atoms in total. The maximum atomic E-state index is 2.45. The summed E-state index contributed by atoms with van der Waals surface area (Å²) in [4.78, 5) is 3.86. The van der Waals surface area contributed by atoms with Gasteiger partial charge in [0.2, 0.25) is 0 Å². The van der Waals surface area contributed by atoms with E-state index in [-0.39, 0.29) is 0 Å². The fourth-order valence-electron chi connectivity index (χ4n) is 2.57. The number of thioether (sulfide) groups is 1. The minimum Gasteiger partial charge on any atom is -0.357 e. The van der Waals surface area contributed by atoms with E-state index in [0.29, 0.717) is 0 Å². The van der Waals surface area contributed by atoms with Crippen molar-refractivity contribution in [2.24, 2.45) is 0 Å². The molecule has 1 heterocycles. The molecule has 0 saturated heterocycles. The first-order valence-corrected chi connectivity index (χ1v) is 7.25. The molecule has 0 saturated carbocycles. The molecule has 3 rings (SSSR count). The summed E-state index contributed by atoms with van der Waals surface area (Å²) in [6.07, 6.45) is 0. The SMILES string of the molecule is Cc1cc(C)cc(CN2CSc3ccccc32)c1. The molecular formula is C16H17NS. The predicted molar refractivity (Wildman–Crippen MR) is 79.3 cm³/mol. The smallest absolute Gasteiger partial charge is 0.0690 e. The van der Waals surface area contributed by atoms with Crippen LogP contribution in [-0.2, 0) is 6.54 Å². The molecule has 0 radical (unpaired) electrons. The number of para-hydroxylation sites is 1. The molecular weight excluding hydrogens is 238 g/mol. The van der Waals surface area contributed by atoms with Gasteiger partial charge in [-0.05, 0) is 31.5 Å². The van der Waals surface area contributed by atoms with Crippen molar-refractivity contribution in [3.05, 3.63) is 59.2 Å². The maximum Gasteiger partial charge on any atom is 0.0690 e. The Bertz CT molecular complexity index is 557. The van der Waals surface area contributed by atoms with Crippen molar-refractivity contribution in [1.29, 1.82) is 0 Å². The first-order valence-electron chi connectivity index (χ1n) is 6.26. The number of aryl methyl sites for hydroxylation is 2. The number of anilines is 1. The van der Waals surface area contributed by atoms with Crippen LogP contribution in [0.25, 0.3) is 0 Å². The quantitative estimate of drug-likeness (QED) is 0.783. The van der Waals surface area contributed by atoms with E-state index in [2.05, 4.69) is 61.2 Å². The average molecular weight is 255 g/mol. The molecule has 0 spiro atoms. The van der Waals surface area contributed by atoms with E-state index in [0.717, 1.165) is 12.4 Å². The lowest BCUT2D eigenvalue weighted by molar-refractivity contribution is 0.904. The zero-order valence-electron chi connectivity index (χ0n) is 10.8. The third kappa shape index (κ3) is 2.25. The Morgan fingerprint density at radius 2 is 1.78 bits per heavy atom. The van der Waals surface area contributed by atoms with Crippen molar-refractivity contribution < 1.29 is 0 Å². The van der Waals surface area contributed by atoms with Gasteiger partial charge in [-0.2, -0.15) is 0 Å². The van der Waals surface area contributed by atoms with E-state index in [9.17, 15) is 0 Å². The van der Waals surface area contributed by atoms with Crippen LogP contribution in [0.15, 0.2) is 47.4 Å². The van der Waals surface area contributed by atoms with Gasteiger partial charge in [0.15, 0.2) is 0 Å². The van der Waals surface area contributed by atoms with Crippen molar-refractivity contribution in [1.82, 2.24) is 0 Å². The van der Waals surface area contributed by atoms with E-state index in [1.165, 1.54) is 27.3 Å². The van der Waals surface area contributed by atoms with Crippen molar-refractivity contribution >= 4 is 17.4 Å². The first kappa shape index (κ1) is 11.7. The van der Waals surface area contributed by atoms with Crippen LogP contribution in [0.2, 0.25) is 0 Å². The van der Waals surface area contributed by atoms with Crippen molar-refractivity contribution in [3.63, 3.8) is 0 Å². The number of rotatable bonds is 2. The molecule has 0 aliphatic carbocycles. The molecule has 92 valence electrons. The predicted octanol–water partition coefficient (Wildman–Crippen LogP) is 4.37. The van der Waals surface area contributed by atoms with E-state index in [1.807, 2.05) is 11.8 Å². The van der Waals surface area contributed by atoms with Gasteiger partial charge in [-0.25, -0.2) is 0 Å². The largest absolute Gasteiger partial charge is 0.357 e. The summed E-state index contributed by atoms with van der Waals surface area (Å²) in [6.45, 7) is 5.35. The summed E-state index contributed by atoms with van der Waals surface area (Å²) in [7, 11) is 0. The summed E-state index contributed by atoms with van der Waals surface area (Å²) in [5.41, 5.74) is 5.49. The minimum absolute atomic E-state index is 1.01. The number of benzene rings is 2. The Morgan fingerprint density at radius 3 is 2.56 bits per heavy atom. The van der Waals surface area contributed by atoms with Crippen LogP contribution in [0, 0.1) is 13.8 Å². The monoisotopic (exact) mass is 255 g/mol. The summed E-state index contributed by atoms with van der Waals surface area (Å²) >= 11 is 1.93. The summed E-state index contributed by atoms with van der Waals surface area (Å²) < 4.78 is 0. The average Bonchev–Trinajstić information content (AvgIpc) is 2.72. The lowest BCUT2D eigenvalue weighted by Gasteiger charge is -2.19. The van der Waals surface area contributed by atoms with Gasteiger partial charge in [0.05, 0.1) is 11.6 Å². The Labute approximate surface area is 113 Å². The van der Waals surface area contributed by atoms with E-state index in [4.69, 9.17) is 0 Å². The van der Waals surface area contributed by atoms with E-state index >= 15 is 0 Å². The Morgan fingerprint density at radius 1 is 1.06 bits per heavy atom. The molecule has 2 heteroatoms. The Kier molecular flexibility index (Phi) is 3.04. The van der Waals surface area contributed by atoms with Gasteiger partial charge < -0.3 is 4.90 Å². The van der Waals surface area contributed by atoms with Crippen LogP contribution >= 0.6 is 11.8 Å². The number of nitrogens with zero attached hydrogens (tertiary/aromatic N) is 1. The normalized spacial score (nSPS) is 13.8. The Balaban J connectivity index is 1.86. The van der Waals surface area contributed by atoms with Gasteiger partial charge in [-0.3, -0.25) is 0 Å². The lowest BCUT2D eigenvalue weighted by atomic mass is 10.1. The van der Waals surface area contributed by atoms with Gasteiger partial charge >= 0.3 is 0 Å². The van der Waals surface area contributed by atoms with Crippen molar-refractivity contribution in [2.75, 3.05) is 10.8 Å². The maximum absolute atomic E-state index is 2.45. The molecule has 2 aromatic rings. The van der Waals surface area contributed by atoms with Crippen LogP contribution in [0.4, 0.5) is 5.69 Å². The summed E-state index contributed by atoms with van der Waals surface area (Å²) in [5, 5.41) is 0. The molecule has 0 N–H and O–H groups in total. The molecule has 0 fully saturated rings. The third-order valence-electron chi connectivity index (χ3n) is 3.24. The van der Waals surface area contributed by atoms with Gasteiger partial charge in [0.1, 0.15) is 0 Å². The van der Waals surface area contributed by atoms with E-state index in [1.54, 1.807) is 0 Å². The highest BCUT2D eigenvalue weighted by Crippen LogP contribution is 2.38. The van der Waals surface area contributed by atoms with Gasteiger partial charge in [0, 0.05) is 11.4 Å². The van der Waals surface area contributed by atoms with Crippen LogP contribution in [0.5, 0.6) is 0 Å². The van der Waals surface area contributed by atoms with Crippen molar-refractivity contribution in [3.8, 4) is 0 Å². The fourth-order valence-corrected chi connectivity index (χ4v) is 3.61. The first-order chi connectivity index (χ1) is 8.72. The van der Waals surface area contributed by atoms with Gasteiger partial charge in [0.25, 0.3) is 0 Å². The van der Waals surface area contributed by atoms with E-state index < -0.39 is 0 Å². The van der Waals surface area contributed by atoms with Gasteiger partial charge in [-0.15, -0.1) is 11.8 Å². The molecule has 0 aromatic heterocycles. The second-order valence-corrected chi connectivity index (χ2v) is 5.92. The van der Waals surface area contributed by atoms with Crippen LogP contribution in [-0.4, -0.2) is 5.88 Å². The molecule has 0 unspecified atom stereocenters. The second-order valence-electron chi connectivity index (χ2n) is 4.94. The minimum atomic E-state index is 1.01. The number of fused-ring (bicyclic) bond motifs is 1. The van der Waals surface area contributed by atoms with Crippen LogP contribution in [0.1, 0.15) is 16.7 Å². The molecule has 0 atom stereocenters. The highest BCUT2D eigenvalue weighted by molar-refractivity contribution is 7.99. The molecule has 18 heavy (non-hydrogen) atoms. The lowest BCUT2D eigenvalue weighted by Crippen LogP contribution is -2.18. The molecule has 1 aliphatic rings. The van der Waals surface area contributed by atoms with Crippen LogP contribution in [0.3, 0.4) is 0 Å². The highest BCUT2D eigenvalue weighted by atomic mass is 32.2. The summed E-state index contributed by atoms with van der Waals surface area (Å²) in [6, 6.07) is 15.5. The third-order valence-corrected chi connectivity index (χ3v) is 4.33. The standard InChI is InChI=1S/C16H17NS/c1-12-7-13(2)9-14(8-12)10-17-11-18-16-6-4-3-5-15(16)17/h3-9H,10-11H2,1-2H3. The van der Waals surface area contributed by atoms with Gasteiger partial charge in [-0.1, -0.05) is 41.5 Å². The highest BCUT2D eigenvalue weighted by Gasteiger charge is 2.18. The Hall–Kier alpha value is -1.41. The zero-order chi connectivity index (χ0) is 12.5. The molecule has 0 bridgehead atoms. The van der Waals surface area contributed by atoms with Crippen molar-refractivity contribution in [2.45, 2.75) is 25.3 Å². The second kappa shape index (κ2) is 4.69. The number of hydrogen-bond donors (Lipinski definition) is 0. The number of hydrogen-bond acceptors (Lipinski definition) is 2. The summed E-state index contributed by atoms with van der Waals surface area (Å²) in [5.74, 6) is 1.06. The topological polar surface area (TPSA) is 3.24 Å².